The number of benzene rings is 2. The molecule has 0 saturated carbocycles. The second-order valence-corrected chi connectivity index (χ2v) is 7.25. The van der Waals surface area contributed by atoms with Crippen molar-refractivity contribution in [2.24, 2.45) is 5.92 Å². The number of carbonyl (C=O) groups excluding carboxylic acids is 3. The number of anilines is 2. The van der Waals surface area contributed by atoms with Gasteiger partial charge in [0.2, 0.25) is 11.8 Å². The molecule has 0 radical (unpaired) electrons. The molecule has 2 N–H and O–H groups in total. The lowest BCUT2D eigenvalue weighted by atomic mass is 10.1. The van der Waals surface area contributed by atoms with Crippen molar-refractivity contribution in [3.8, 4) is 5.75 Å². The van der Waals surface area contributed by atoms with Crippen LogP contribution in [0.25, 0.3) is 0 Å². The van der Waals surface area contributed by atoms with Gasteiger partial charge >= 0.3 is 0 Å². The minimum absolute atomic E-state index is 0.0939. The van der Waals surface area contributed by atoms with Crippen molar-refractivity contribution in [3.05, 3.63) is 53.1 Å². The number of hydrogen-bond donors (Lipinski definition) is 2. The lowest BCUT2D eigenvalue weighted by molar-refractivity contribution is -0.125. The highest BCUT2D eigenvalue weighted by Gasteiger charge is 2.34. The first-order chi connectivity index (χ1) is 13.9. The molecule has 0 bridgehead atoms. The Bertz CT molecular complexity index is 930. The molecule has 3 amide bonds. The third kappa shape index (κ3) is 5.06. The maximum Gasteiger partial charge on any atom is 0.262 e. The van der Waals surface area contributed by atoms with Gasteiger partial charge in [-0.05, 0) is 48.9 Å². The van der Waals surface area contributed by atoms with Crippen molar-refractivity contribution >= 4 is 40.7 Å². The SMILES string of the molecule is CNC(=O)C1CC(=O)N(c2ccc(OCC(=O)Nc3cc(Cl)ccc3C)cc2)C1. The van der Waals surface area contributed by atoms with E-state index in [0.29, 0.717) is 28.7 Å². The second kappa shape index (κ2) is 8.96. The summed E-state index contributed by atoms with van der Waals surface area (Å²) in [7, 11) is 1.56. The smallest absolute Gasteiger partial charge is 0.262 e. The summed E-state index contributed by atoms with van der Waals surface area (Å²) in [5.74, 6) is -0.379. The number of nitrogens with zero attached hydrogens (tertiary/aromatic N) is 1. The predicted octanol–water partition coefficient (Wildman–Crippen LogP) is 2.76. The molecule has 3 rings (SSSR count). The molecule has 152 valence electrons. The molecule has 0 aromatic heterocycles. The first-order valence-electron chi connectivity index (χ1n) is 9.18. The Kier molecular flexibility index (Phi) is 6.39. The Morgan fingerprint density at radius 2 is 1.93 bits per heavy atom. The molecule has 1 aliphatic heterocycles. The fourth-order valence-electron chi connectivity index (χ4n) is 3.12. The van der Waals surface area contributed by atoms with E-state index >= 15 is 0 Å². The summed E-state index contributed by atoms with van der Waals surface area (Å²) in [6, 6.07) is 12.1. The molecule has 1 atom stereocenters. The fourth-order valence-corrected chi connectivity index (χ4v) is 3.30. The zero-order chi connectivity index (χ0) is 21.0. The van der Waals surface area contributed by atoms with Crippen LogP contribution in [0.3, 0.4) is 0 Å². The number of carbonyl (C=O) groups is 3. The van der Waals surface area contributed by atoms with E-state index in [1.165, 1.54) is 0 Å². The summed E-state index contributed by atoms with van der Waals surface area (Å²) in [5, 5.41) is 5.88. The van der Waals surface area contributed by atoms with Crippen LogP contribution in [0.5, 0.6) is 5.75 Å². The van der Waals surface area contributed by atoms with E-state index in [9.17, 15) is 14.4 Å². The first-order valence-corrected chi connectivity index (χ1v) is 9.56. The van der Waals surface area contributed by atoms with Crippen molar-refractivity contribution in [3.63, 3.8) is 0 Å². The number of aryl methyl sites for hydroxylation is 1. The van der Waals surface area contributed by atoms with Crippen LogP contribution in [0.2, 0.25) is 5.02 Å². The molecule has 7 nitrogen and oxygen atoms in total. The standard InChI is InChI=1S/C21H22ClN3O4/c1-13-3-4-15(22)10-18(13)24-19(26)12-29-17-7-5-16(6-8-17)25-11-14(9-20(25)27)21(28)23-2/h3-8,10,14H,9,11-12H2,1-2H3,(H,23,28)(H,24,26). The summed E-state index contributed by atoms with van der Waals surface area (Å²) in [6.45, 7) is 2.06. The summed E-state index contributed by atoms with van der Waals surface area (Å²) in [5.41, 5.74) is 2.23. The highest BCUT2D eigenvalue weighted by molar-refractivity contribution is 6.31. The Morgan fingerprint density at radius 1 is 1.21 bits per heavy atom. The molecule has 0 aliphatic carbocycles. The lowest BCUT2D eigenvalue weighted by Crippen LogP contribution is -2.30. The Hall–Kier alpha value is -3.06. The largest absolute Gasteiger partial charge is 0.484 e. The molecular formula is C21H22ClN3O4. The number of hydrogen-bond acceptors (Lipinski definition) is 4. The van der Waals surface area contributed by atoms with Crippen molar-refractivity contribution in [2.75, 3.05) is 30.4 Å². The summed E-state index contributed by atoms with van der Waals surface area (Å²) < 4.78 is 5.52. The van der Waals surface area contributed by atoms with Crippen molar-refractivity contribution < 1.29 is 19.1 Å². The van der Waals surface area contributed by atoms with Crippen molar-refractivity contribution in [2.45, 2.75) is 13.3 Å². The monoisotopic (exact) mass is 415 g/mol. The van der Waals surface area contributed by atoms with Gasteiger partial charge in [-0.1, -0.05) is 17.7 Å². The molecule has 1 unspecified atom stereocenters. The van der Waals surface area contributed by atoms with Crippen LogP contribution in [0.15, 0.2) is 42.5 Å². The number of rotatable bonds is 6. The van der Waals surface area contributed by atoms with Gasteiger partial charge in [0.25, 0.3) is 5.91 Å². The van der Waals surface area contributed by atoms with E-state index in [2.05, 4.69) is 10.6 Å². The van der Waals surface area contributed by atoms with Crippen molar-refractivity contribution in [1.29, 1.82) is 0 Å². The van der Waals surface area contributed by atoms with Crippen LogP contribution < -0.4 is 20.3 Å². The van der Waals surface area contributed by atoms with Gasteiger partial charge in [0.05, 0.1) is 5.92 Å². The molecule has 29 heavy (non-hydrogen) atoms. The van der Waals surface area contributed by atoms with E-state index < -0.39 is 0 Å². The van der Waals surface area contributed by atoms with E-state index in [1.807, 2.05) is 13.0 Å². The molecular weight excluding hydrogens is 394 g/mol. The third-order valence-corrected chi connectivity index (χ3v) is 4.97. The van der Waals surface area contributed by atoms with Crippen LogP contribution in [-0.2, 0) is 14.4 Å². The number of nitrogens with one attached hydrogen (secondary N) is 2. The maximum atomic E-state index is 12.2. The molecule has 1 heterocycles. The van der Waals surface area contributed by atoms with Crippen LogP contribution in [0, 0.1) is 12.8 Å². The second-order valence-electron chi connectivity index (χ2n) is 6.81. The molecule has 1 saturated heterocycles. The van der Waals surface area contributed by atoms with E-state index in [0.717, 1.165) is 5.56 Å². The van der Waals surface area contributed by atoms with Gasteiger partial charge in [-0.25, -0.2) is 0 Å². The predicted molar refractivity (Wildman–Crippen MR) is 111 cm³/mol. The molecule has 0 spiro atoms. The van der Waals surface area contributed by atoms with Crippen LogP contribution in [0.4, 0.5) is 11.4 Å². The Balaban J connectivity index is 1.55. The molecule has 1 aliphatic rings. The Morgan fingerprint density at radius 3 is 2.62 bits per heavy atom. The topological polar surface area (TPSA) is 87.7 Å². The van der Waals surface area contributed by atoms with Gasteiger partial charge in [-0.15, -0.1) is 0 Å². The average molecular weight is 416 g/mol. The normalized spacial score (nSPS) is 15.9. The molecule has 1 fully saturated rings. The van der Waals surface area contributed by atoms with Gasteiger partial charge < -0.3 is 20.3 Å². The molecule has 2 aromatic rings. The maximum absolute atomic E-state index is 12.2. The van der Waals surface area contributed by atoms with Gasteiger partial charge in [0, 0.05) is 36.4 Å². The highest BCUT2D eigenvalue weighted by atomic mass is 35.5. The van der Waals surface area contributed by atoms with Crippen LogP contribution in [-0.4, -0.2) is 37.9 Å². The van der Waals surface area contributed by atoms with E-state index in [1.54, 1.807) is 48.3 Å². The first kappa shape index (κ1) is 20.7. The summed E-state index contributed by atoms with van der Waals surface area (Å²) in [6.07, 6.45) is 0.195. The zero-order valence-electron chi connectivity index (χ0n) is 16.2. The number of halogens is 1. The van der Waals surface area contributed by atoms with Crippen molar-refractivity contribution in [1.82, 2.24) is 5.32 Å². The van der Waals surface area contributed by atoms with Crippen LogP contribution in [0.1, 0.15) is 12.0 Å². The summed E-state index contributed by atoms with van der Waals surface area (Å²) in [4.78, 5) is 37.6. The number of amides is 3. The third-order valence-electron chi connectivity index (χ3n) is 4.73. The minimum Gasteiger partial charge on any atom is -0.484 e. The number of ether oxygens (including phenoxy) is 1. The van der Waals surface area contributed by atoms with Gasteiger partial charge in [0.1, 0.15) is 5.75 Å². The minimum atomic E-state index is -0.345. The zero-order valence-corrected chi connectivity index (χ0v) is 17.0. The molecule has 8 heteroatoms. The Labute approximate surface area is 174 Å². The van der Waals surface area contributed by atoms with E-state index in [4.69, 9.17) is 16.3 Å². The molecule has 2 aromatic carbocycles. The fraction of sp³-hybridized carbons (Fsp3) is 0.286. The van der Waals surface area contributed by atoms with Crippen LogP contribution >= 0.6 is 11.6 Å². The van der Waals surface area contributed by atoms with Gasteiger partial charge in [0.15, 0.2) is 6.61 Å². The lowest BCUT2D eigenvalue weighted by Gasteiger charge is -2.17. The average Bonchev–Trinajstić information content (AvgIpc) is 3.10. The summed E-state index contributed by atoms with van der Waals surface area (Å²) >= 11 is 5.95. The quantitative estimate of drug-likeness (QED) is 0.759. The van der Waals surface area contributed by atoms with Gasteiger partial charge in [-0.2, -0.15) is 0 Å². The van der Waals surface area contributed by atoms with Gasteiger partial charge in [-0.3, -0.25) is 14.4 Å². The highest BCUT2D eigenvalue weighted by Crippen LogP contribution is 2.27. The van der Waals surface area contributed by atoms with E-state index in [-0.39, 0.29) is 36.7 Å².